The molecule has 3 saturated heterocycles. The number of imide groups is 2. The van der Waals surface area contributed by atoms with E-state index in [1.54, 1.807) is 18.2 Å². The van der Waals surface area contributed by atoms with Crippen molar-refractivity contribution < 1.29 is 33.1 Å². The molecule has 3 aromatic rings. The van der Waals surface area contributed by atoms with E-state index in [1.165, 1.54) is 12.1 Å². The van der Waals surface area contributed by atoms with E-state index in [2.05, 4.69) is 54.7 Å². The standard InChI is InChI=1S/C44H41FN6O6/c1-43(2)41(44(3,4)42(43)57-30-10-8-26(18-46)34(45)17-30)50-21-27-15-24(7-11-31(27)38(50)54)5-6-25-19-48(20-25)29-22-49(23-29)28-9-12-32-33(16-28)40(56)51(39(32)55)35-13-14-36(52)47-37(35)53/h7-12,15-17,25,29,35,41-42H,13-14,19-23H2,1-4H3,(H,47,52,53)/t35?,41-,42-. The van der Waals surface area contributed by atoms with Crippen molar-refractivity contribution in [3.63, 3.8) is 0 Å². The van der Waals surface area contributed by atoms with Gasteiger partial charge in [0.25, 0.3) is 17.7 Å². The number of anilines is 1. The van der Waals surface area contributed by atoms with Gasteiger partial charge in [-0.1, -0.05) is 39.5 Å². The monoisotopic (exact) mass is 768 g/mol. The summed E-state index contributed by atoms with van der Waals surface area (Å²) in [5, 5.41) is 11.3. The summed E-state index contributed by atoms with van der Waals surface area (Å²) in [4.78, 5) is 71.6. The first kappa shape index (κ1) is 36.6. The molecule has 3 aromatic carbocycles. The predicted molar refractivity (Wildman–Crippen MR) is 204 cm³/mol. The van der Waals surface area contributed by atoms with Gasteiger partial charge in [0.05, 0.1) is 16.7 Å². The molecular weight excluding hydrogens is 728 g/mol. The third kappa shape index (κ3) is 5.78. The highest BCUT2D eigenvalue weighted by Crippen LogP contribution is 2.59. The zero-order valence-corrected chi connectivity index (χ0v) is 32.1. The summed E-state index contributed by atoms with van der Waals surface area (Å²) in [5.74, 6) is 4.67. The van der Waals surface area contributed by atoms with Gasteiger partial charge >= 0.3 is 0 Å². The minimum atomic E-state index is -0.989. The number of ether oxygens (including phenoxy) is 1. The van der Waals surface area contributed by atoms with Gasteiger partial charge in [0.15, 0.2) is 0 Å². The molecule has 57 heavy (non-hydrogen) atoms. The van der Waals surface area contributed by atoms with Crippen LogP contribution in [0.5, 0.6) is 5.75 Å². The second-order valence-electron chi connectivity index (χ2n) is 17.3. The molecule has 290 valence electrons. The van der Waals surface area contributed by atoms with E-state index in [0.717, 1.165) is 47.9 Å². The Bertz CT molecular complexity index is 2400. The molecule has 5 aliphatic heterocycles. The fourth-order valence-corrected chi connectivity index (χ4v) is 10.3. The van der Waals surface area contributed by atoms with Crippen molar-refractivity contribution in [2.24, 2.45) is 16.7 Å². The van der Waals surface area contributed by atoms with Crippen molar-refractivity contribution in [1.29, 1.82) is 5.26 Å². The van der Waals surface area contributed by atoms with Crippen LogP contribution in [0.25, 0.3) is 0 Å². The lowest BCUT2D eigenvalue weighted by molar-refractivity contribution is -0.199. The summed E-state index contributed by atoms with van der Waals surface area (Å²) in [5.41, 5.74) is 3.01. The molecule has 6 aliphatic rings. The Morgan fingerprint density at radius 2 is 1.56 bits per heavy atom. The molecule has 9 rings (SSSR count). The normalized spacial score (nSPS) is 25.1. The highest BCUT2D eigenvalue weighted by atomic mass is 19.1. The van der Waals surface area contributed by atoms with Crippen LogP contribution in [0.15, 0.2) is 54.6 Å². The van der Waals surface area contributed by atoms with Crippen molar-refractivity contribution in [3.8, 4) is 23.7 Å². The minimum Gasteiger partial charge on any atom is -0.489 e. The summed E-state index contributed by atoms with van der Waals surface area (Å²) >= 11 is 0. The molecule has 1 N–H and O–H groups in total. The third-order valence-corrected chi connectivity index (χ3v) is 12.8. The molecule has 5 heterocycles. The number of halogens is 1. The first-order valence-electron chi connectivity index (χ1n) is 19.3. The van der Waals surface area contributed by atoms with Crippen LogP contribution in [-0.2, 0) is 16.1 Å². The number of likely N-dealkylation sites (tertiary alicyclic amines) is 1. The van der Waals surface area contributed by atoms with Gasteiger partial charge in [0, 0.05) is 90.9 Å². The van der Waals surface area contributed by atoms with Gasteiger partial charge in [-0.3, -0.25) is 39.1 Å². The number of fused-ring (bicyclic) bond motifs is 2. The molecular formula is C44H41FN6O6. The molecule has 4 fully saturated rings. The Morgan fingerprint density at radius 3 is 2.26 bits per heavy atom. The topological polar surface area (TPSA) is 143 Å². The first-order chi connectivity index (χ1) is 27.1. The number of piperidine rings is 1. The van der Waals surface area contributed by atoms with Crippen LogP contribution >= 0.6 is 0 Å². The summed E-state index contributed by atoms with van der Waals surface area (Å²) in [6.07, 6.45) is -0.0907. The highest BCUT2D eigenvalue weighted by Gasteiger charge is 2.67. The Labute approximate surface area is 329 Å². The van der Waals surface area contributed by atoms with E-state index in [9.17, 15) is 28.4 Å². The van der Waals surface area contributed by atoms with Crippen LogP contribution in [0, 0.1) is 45.7 Å². The fraction of sp³-hybridized carbons (Fsp3) is 0.409. The number of amides is 5. The Hall–Kier alpha value is -6.05. The molecule has 0 bridgehead atoms. The lowest BCUT2D eigenvalue weighted by Crippen LogP contribution is -2.74. The smallest absolute Gasteiger partial charge is 0.262 e. The molecule has 1 saturated carbocycles. The zero-order valence-electron chi connectivity index (χ0n) is 32.1. The average molecular weight is 769 g/mol. The van der Waals surface area contributed by atoms with Crippen LogP contribution < -0.4 is 15.0 Å². The van der Waals surface area contributed by atoms with Crippen molar-refractivity contribution >= 4 is 35.2 Å². The fourth-order valence-electron chi connectivity index (χ4n) is 10.3. The van der Waals surface area contributed by atoms with E-state index < -0.39 is 46.3 Å². The molecule has 0 aromatic heterocycles. The van der Waals surface area contributed by atoms with Gasteiger partial charge in [0.1, 0.15) is 29.8 Å². The highest BCUT2D eigenvalue weighted by molar-refractivity contribution is 6.23. The summed E-state index contributed by atoms with van der Waals surface area (Å²) in [6.45, 7) is 12.0. The third-order valence-electron chi connectivity index (χ3n) is 12.8. The van der Waals surface area contributed by atoms with Crippen LogP contribution in [-0.4, -0.2) is 94.6 Å². The first-order valence-corrected chi connectivity index (χ1v) is 19.3. The van der Waals surface area contributed by atoms with Crippen molar-refractivity contribution in [2.75, 3.05) is 31.1 Å². The van der Waals surface area contributed by atoms with E-state index in [-0.39, 0.29) is 53.5 Å². The number of carbonyl (C=O) groups is 5. The molecule has 0 radical (unpaired) electrons. The number of hydrogen-bond acceptors (Lipinski definition) is 9. The van der Waals surface area contributed by atoms with Gasteiger partial charge in [-0.2, -0.15) is 5.26 Å². The van der Waals surface area contributed by atoms with Crippen LogP contribution in [0.3, 0.4) is 0 Å². The Kier molecular flexibility index (Phi) is 8.34. The maximum absolute atomic E-state index is 14.3. The van der Waals surface area contributed by atoms with E-state index in [1.807, 2.05) is 35.2 Å². The maximum atomic E-state index is 14.3. The van der Waals surface area contributed by atoms with Gasteiger partial charge in [-0.25, -0.2) is 4.39 Å². The van der Waals surface area contributed by atoms with E-state index >= 15 is 0 Å². The van der Waals surface area contributed by atoms with Crippen molar-refractivity contribution in [2.45, 2.75) is 71.3 Å². The Morgan fingerprint density at radius 1 is 0.842 bits per heavy atom. The lowest BCUT2D eigenvalue weighted by atomic mass is 9.49. The average Bonchev–Trinajstić information content (AvgIpc) is 3.57. The molecule has 1 aliphatic carbocycles. The number of nitrogens with one attached hydrogen (secondary N) is 1. The SMILES string of the molecule is CC1(C)[C@H](Oc2ccc(C#N)c(F)c2)C(C)(C)[C@H]1N1Cc2cc(C#CC3CN(C4CN(c5ccc6c(c5)C(=O)N(C5CCC(=O)NC5=O)C6=O)C4)C3)ccc2C1=O. The Balaban J connectivity index is 0.783. The van der Waals surface area contributed by atoms with Crippen molar-refractivity contribution in [3.05, 3.63) is 93.8 Å². The number of benzene rings is 3. The van der Waals surface area contributed by atoms with Gasteiger partial charge in [-0.05, 0) is 60.5 Å². The summed E-state index contributed by atoms with van der Waals surface area (Å²) in [6, 6.07) is 16.4. The summed E-state index contributed by atoms with van der Waals surface area (Å²) < 4.78 is 20.6. The van der Waals surface area contributed by atoms with Crippen molar-refractivity contribution in [1.82, 2.24) is 20.0 Å². The molecule has 1 atom stereocenters. The molecule has 0 spiro atoms. The minimum absolute atomic E-state index is 0.0168. The molecule has 12 nitrogen and oxygen atoms in total. The van der Waals surface area contributed by atoms with E-state index in [0.29, 0.717) is 23.9 Å². The largest absolute Gasteiger partial charge is 0.489 e. The van der Waals surface area contributed by atoms with Crippen LogP contribution in [0.2, 0.25) is 0 Å². The second kappa shape index (κ2) is 13.0. The number of hydrogen-bond donors (Lipinski definition) is 1. The second-order valence-corrected chi connectivity index (χ2v) is 17.3. The number of nitriles is 1. The van der Waals surface area contributed by atoms with Gasteiger partial charge in [-0.15, -0.1) is 0 Å². The van der Waals surface area contributed by atoms with Crippen LogP contribution in [0.4, 0.5) is 10.1 Å². The number of nitrogens with zero attached hydrogens (tertiary/aromatic N) is 5. The number of rotatable bonds is 6. The van der Waals surface area contributed by atoms with E-state index in [4.69, 9.17) is 10.00 Å². The summed E-state index contributed by atoms with van der Waals surface area (Å²) in [7, 11) is 0. The molecule has 1 unspecified atom stereocenters. The van der Waals surface area contributed by atoms with Crippen LogP contribution in [0.1, 0.15) is 88.3 Å². The lowest BCUT2D eigenvalue weighted by Gasteiger charge is -2.65. The van der Waals surface area contributed by atoms with Gasteiger partial charge < -0.3 is 14.5 Å². The predicted octanol–water partition coefficient (Wildman–Crippen LogP) is 4.11. The maximum Gasteiger partial charge on any atom is 0.262 e. The van der Waals surface area contributed by atoms with Gasteiger partial charge in [0.2, 0.25) is 11.8 Å². The molecule has 13 heteroatoms. The quantitative estimate of drug-likeness (QED) is 0.290. The molecule has 5 amide bonds. The number of carbonyl (C=O) groups excluding carboxylic acids is 5. The zero-order chi connectivity index (χ0) is 40.1.